The van der Waals surface area contributed by atoms with Gasteiger partial charge >= 0.3 is 0 Å². The highest BCUT2D eigenvalue weighted by Gasteiger charge is 2.24. The molecule has 1 atom stereocenters. The lowest BCUT2D eigenvalue weighted by atomic mass is 10.1. The monoisotopic (exact) mass is 395 g/mol. The first kappa shape index (κ1) is 19.0. The Balaban J connectivity index is 2.13. The van der Waals surface area contributed by atoms with E-state index in [1.807, 2.05) is 0 Å². The van der Waals surface area contributed by atoms with Gasteiger partial charge in [0.15, 0.2) is 0 Å². The molecule has 0 fully saturated rings. The number of amides is 1. The predicted molar refractivity (Wildman–Crippen MR) is 90.3 cm³/mol. The number of hydrogen-bond donors (Lipinski definition) is 1. The topological polar surface area (TPSA) is 46.9 Å². The summed E-state index contributed by atoms with van der Waals surface area (Å²) in [6.07, 6.45) is -1.25. The second-order valence-electron chi connectivity index (χ2n) is 5.33. The van der Waals surface area contributed by atoms with E-state index in [4.69, 9.17) is 34.8 Å². The molecule has 1 amide bonds. The summed E-state index contributed by atoms with van der Waals surface area (Å²) in [5.74, 6) is -0.632. The molecule has 130 valence electrons. The fourth-order valence-corrected chi connectivity index (χ4v) is 3.24. The van der Waals surface area contributed by atoms with Gasteiger partial charge in [0.2, 0.25) is 0 Å². The molecule has 1 unspecified atom stereocenters. The molecule has 9 heteroatoms. The van der Waals surface area contributed by atoms with Crippen LogP contribution in [0.4, 0.5) is 8.78 Å². The second kappa shape index (κ2) is 7.68. The highest BCUT2D eigenvalue weighted by Crippen LogP contribution is 2.30. The summed E-state index contributed by atoms with van der Waals surface area (Å²) < 4.78 is 27.0. The molecule has 1 N–H and O–H groups in total. The zero-order valence-corrected chi connectivity index (χ0v) is 15.1. The van der Waals surface area contributed by atoms with E-state index in [1.165, 1.54) is 17.9 Å². The van der Waals surface area contributed by atoms with Gasteiger partial charge in [-0.2, -0.15) is 5.10 Å². The van der Waals surface area contributed by atoms with Gasteiger partial charge in [0.1, 0.15) is 5.69 Å². The van der Waals surface area contributed by atoms with Crippen molar-refractivity contribution in [2.45, 2.75) is 25.8 Å². The van der Waals surface area contributed by atoms with E-state index in [9.17, 15) is 13.6 Å². The van der Waals surface area contributed by atoms with Crippen molar-refractivity contribution in [3.63, 3.8) is 0 Å². The van der Waals surface area contributed by atoms with Crippen molar-refractivity contribution in [1.29, 1.82) is 0 Å². The molecule has 0 aliphatic rings. The zero-order chi connectivity index (χ0) is 18.0. The molecule has 2 rings (SSSR count). The Kier molecular flexibility index (Phi) is 6.06. The molecule has 0 bridgehead atoms. The van der Waals surface area contributed by atoms with E-state index in [1.54, 1.807) is 19.1 Å². The second-order valence-corrected chi connectivity index (χ2v) is 6.58. The number of aryl methyl sites for hydroxylation is 1. The Hall–Kier alpha value is -1.37. The molecule has 0 saturated heterocycles. The van der Waals surface area contributed by atoms with Crippen LogP contribution < -0.4 is 5.32 Å². The molecule has 0 aliphatic carbocycles. The van der Waals surface area contributed by atoms with Gasteiger partial charge in [-0.3, -0.25) is 9.48 Å². The Morgan fingerprint density at radius 2 is 1.88 bits per heavy atom. The Morgan fingerprint density at radius 3 is 2.42 bits per heavy atom. The minimum Gasteiger partial charge on any atom is -0.349 e. The fraction of sp³-hybridized carbons (Fsp3) is 0.333. The fourth-order valence-electron chi connectivity index (χ4n) is 2.27. The highest BCUT2D eigenvalue weighted by atomic mass is 35.5. The average molecular weight is 397 g/mol. The highest BCUT2D eigenvalue weighted by molar-refractivity contribution is 6.39. The van der Waals surface area contributed by atoms with Crippen LogP contribution in [0.3, 0.4) is 0 Å². The lowest BCUT2D eigenvalue weighted by Gasteiger charge is -2.16. The standard InChI is InChI=1S/C15H14Cl3F2N3O/c1-7(3-9-11(17)4-8(16)5-12(9)18)21-15(24)10-6-23(2)22-13(10)14(19)20/h4-7,14H,3H2,1-2H3,(H,21,24). The summed E-state index contributed by atoms with van der Waals surface area (Å²) >= 11 is 18.1. The maximum atomic E-state index is 12.9. The van der Waals surface area contributed by atoms with E-state index in [-0.39, 0.29) is 11.6 Å². The van der Waals surface area contributed by atoms with Crippen LogP contribution in [-0.4, -0.2) is 21.7 Å². The number of aromatic nitrogens is 2. The molecule has 1 aromatic carbocycles. The number of rotatable bonds is 5. The predicted octanol–water partition coefficient (Wildman–Crippen LogP) is 4.68. The Labute approximate surface area is 152 Å². The molecule has 24 heavy (non-hydrogen) atoms. The molecular formula is C15H14Cl3F2N3O. The van der Waals surface area contributed by atoms with Crippen LogP contribution in [0.1, 0.15) is 35.0 Å². The molecule has 1 aromatic heterocycles. The number of nitrogens with one attached hydrogen (secondary N) is 1. The molecule has 0 aliphatic heterocycles. The molecule has 1 heterocycles. The summed E-state index contributed by atoms with van der Waals surface area (Å²) in [6.45, 7) is 1.72. The van der Waals surface area contributed by atoms with Crippen molar-refractivity contribution in [1.82, 2.24) is 15.1 Å². The van der Waals surface area contributed by atoms with Crippen molar-refractivity contribution >= 4 is 40.7 Å². The quantitative estimate of drug-likeness (QED) is 0.798. The van der Waals surface area contributed by atoms with Crippen molar-refractivity contribution in [3.8, 4) is 0 Å². The number of carbonyl (C=O) groups excluding carboxylic acids is 1. The first-order valence-corrected chi connectivity index (χ1v) is 8.08. The minimum absolute atomic E-state index is 0.160. The van der Waals surface area contributed by atoms with Gasteiger partial charge in [0, 0.05) is 34.4 Å². The molecule has 0 saturated carbocycles. The summed E-state index contributed by atoms with van der Waals surface area (Å²) in [4.78, 5) is 12.2. The third-order valence-corrected chi connectivity index (χ3v) is 4.19. The van der Waals surface area contributed by atoms with E-state index in [0.717, 1.165) is 0 Å². The van der Waals surface area contributed by atoms with Crippen molar-refractivity contribution in [3.05, 3.63) is 50.2 Å². The third kappa shape index (κ3) is 4.37. The van der Waals surface area contributed by atoms with Crippen molar-refractivity contribution in [2.24, 2.45) is 7.05 Å². The van der Waals surface area contributed by atoms with E-state index in [2.05, 4.69) is 10.4 Å². The first-order valence-electron chi connectivity index (χ1n) is 6.95. The van der Waals surface area contributed by atoms with E-state index >= 15 is 0 Å². The van der Waals surface area contributed by atoms with Gasteiger partial charge < -0.3 is 5.32 Å². The largest absolute Gasteiger partial charge is 0.349 e. The lowest BCUT2D eigenvalue weighted by Crippen LogP contribution is -2.34. The maximum absolute atomic E-state index is 12.9. The van der Waals surface area contributed by atoms with Gasteiger partial charge in [0.05, 0.1) is 5.56 Å². The van der Waals surface area contributed by atoms with Crippen LogP contribution in [0.25, 0.3) is 0 Å². The number of carbonyl (C=O) groups is 1. The van der Waals surface area contributed by atoms with Crippen molar-refractivity contribution in [2.75, 3.05) is 0 Å². The summed E-state index contributed by atoms with van der Waals surface area (Å²) in [7, 11) is 1.47. The maximum Gasteiger partial charge on any atom is 0.282 e. The van der Waals surface area contributed by atoms with E-state index < -0.39 is 18.0 Å². The van der Waals surface area contributed by atoms with Crippen molar-refractivity contribution < 1.29 is 13.6 Å². The van der Waals surface area contributed by atoms with E-state index in [0.29, 0.717) is 27.1 Å². The van der Waals surface area contributed by atoms with Crippen LogP contribution in [0.2, 0.25) is 15.1 Å². The van der Waals surface area contributed by atoms with Crippen LogP contribution >= 0.6 is 34.8 Å². The SMILES string of the molecule is CC(Cc1c(Cl)cc(Cl)cc1Cl)NC(=O)c1cn(C)nc1C(F)F. The number of nitrogens with zero attached hydrogens (tertiary/aromatic N) is 2. The molecular weight excluding hydrogens is 383 g/mol. The Morgan fingerprint density at radius 1 is 1.29 bits per heavy atom. The van der Waals surface area contributed by atoms with Gasteiger partial charge in [-0.15, -0.1) is 0 Å². The number of hydrogen-bond acceptors (Lipinski definition) is 2. The van der Waals surface area contributed by atoms with Gasteiger partial charge in [-0.05, 0) is 31.0 Å². The van der Waals surface area contributed by atoms with Crippen LogP contribution in [0.15, 0.2) is 18.3 Å². The molecule has 0 spiro atoms. The normalized spacial score (nSPS) is 12.5. The minimum atomic E-state index is -2.83. The summed E-state index contributed by atoms with van der Waals surface area (Å²) in [5.41, 5.74) is -0.0896. The average Bonchev–Trinajstić information content (AvgIpc) is 2.85. The first-order chi connectivity index (χ1) is 11.2. The smallest absolute Gasteiger partial charge is 0.282 e. The molecule has 0 radical (unpaired) electrons. The number of halogens is 5. The third-order valence-electron chi connectivity index (χ3n) is 3.30. The van der Waals surface area contributed by atoms with Gasteiger partial charge in [-0.25, -0.2) is 8.78 Å². The molecule has 4 nitrogen and oxygen atoms in total. The summed E-state index contributed by atoms with van der Waals surface area (Å²) in [5, 5.41) is 7.42. The number of alkyl halides is 2. The molecule has 2 aromatic rings. The lowest BCUT2D eigenvalue weighted by molar-refractivity contribution is 0.0925. The van der Waals surface area contributed by atoms with Gasteiger partial charge in [-0.1, -0.05) is 34.8 Å². The van der Waals surface area contributed by atoms with Crippen LogP contribution in [-0.2, 0) is 13.5 Å². The van der Waals surface area contributed by atoms with Gasteiger partial charge in [0.25, 0.3) is 12.3 Å². The zero-order valence-electron chi connectivity index (χ0n) is 12.8. The summed E-state index contributed by atoms with van der Waals surface area (Å²) in [6, 6.07) is 2.71. The Bertz CT molecular complexity index is 741. The number of benzene rings is 1. The van der Waals surface area contributed by atoms with Crippen LogP contribution in [0.5, 0.6) is 0 Å². The van der Waals surface area contributed by atoms with Crippen LogP contribution in [0, 0.1) is 0 Å².